The summed E-state index contributed by atoms with van der Waals surface area (Å²) in [7, 11) is 0. The van der Waals surface area contributed by atoms with Gasteiger partial charge >= 0.3 is 0 Å². The van der Waals surface area contributed by atoms with E-state index in [1.165, 1.54) is 11.8 Å². The van der Waals surface area contributed by atoms with Crippen molar-refractivity contribution in [2.24, 2.45) is 0 Å². The van der Waals surface area contributed by atoms with Crippen molar-refractivity contribution in [3.8, 4) is 5.75 Å². The van der Waals surface area contributed by atoms with Crippen LogP contribution in [-0.4, -0.2) is 60.2 Å². The number of thiocarbonyl (C=S) groups is 1. The predicted molar refractivity (Wildman–Crippen MR) is 133 cm³/mol. The van der Waals surface area contributed by atoms with Gasteiger partial charge in [-0.3, -0.25) is 14.5 Å². The second-order valence-electron chi connectivity index (χ2n) is 7.07. The average molecular weight is 487 g/mol. The van der Waals surface area contributed by atoms with Gasteiger partial charge in [-0.15, -0.1) is 11.8 Å². The Labute approximate surface area is 200 Å². The number of anilines is 1. The molecule has 0 saturated carbocycles. The van der Waals surface area contributed by atoms with Crippen molar-refractivity contribution in [1.82, 2.24) is 4.90 Å². The van der Waals surface area contributed by atoms with Crippen LogP contribution in [0, 0.1) is 0 Å². The Morgan fingerprint density at radius 3 is 2.69 bits per heavy atom. The number of ether oxygens (including phenoxy) is 2. The van der Waals surface area contributed by atoms with Gasteiger partial charge in [-0.25, -0.2) is 0 Å². The fourth-order valence-corrected chi connectivity index (χ4v) is 5.05. The Kier molecular flexibility index (Phi) is 7.51. The molecule has 0 N–H and O–H groups in total. The second kappa shape index (κ2) is 10.5. The van der Waals surface area contributed by atoms with Crippen molar-refractivity contribution in [2.45, 2.75) is 4.90 Å². The number of rotatable bonds is 6. The molecule has 2 amide bonds. The molecule has 166 valence electrons. The van der Waals surface area contributed by atoms with Gasteiger partial charge in [0.25, 0.3) is 11.8 Å². The number of amides is 2. The third kappa shape index (κ3) is 5.35. The summed E-state index contributed by atoms with van der Waals surface area (Å²) in [4.78, 5) is 30.1. The van der Waals surface area contributed by atoms with Crippen molar-refractivity contribution < 1.29 is 19.1 Å². The van der Waals surface area contributed by atoms with Gasteiger partial charge in [0.05, 0.1) is 23.8 Å². The van der Waals surface area contributed by atoms with Crippen LogP contribution >= 0.6 is 35.7 Å². The monoisotopic (exact) mass is 486 g/mol. The lowest BCUT2D eigenvalue weighted by molar-refractivity contribution is -0.137. The molecule has 2 heterocycles. The minimum atomic E-state index is -0.130. The quantitative estimate of drug-likeness (QED) is 0.347. The van der Waals surface area contributed by atoms with E-state index < -0.39 is 0 Å². The van der Waals surface area contributed by atoms with E-state index in [1.54, 1.807) is 33.7 Å². The molecule has 2 aliphatic rings. The molecule has 0 bridgehead atoms. The smallest absolute Gasteiger partial charge is 0.270 e. The summed E-state index contributed by atoms with van der Waals surface area (Å²) in [5, 5.41) is 0. The summed E-state index contributed by atoms with van der Waals surface area (Å²) in [6.07, 6.45) is 3.82. The third-order valence-corrected chi connectivity index (χ3v) is 7.04. The Morgan fingerprint density at radius 2 is 1.97 bits per heavy atom. The summed E-state index contributed by atoms with van der Waals surface area (Å²) in [6, 6.07) is 15.1. The lowest BCUT2D eigenvalue weighted by atomic mass is 10.2. The zero-order valence-electron chi connectivity index (χ0n) is 17.5. The van der Waals surface area contributed by atoms with Crippen molar-refractivity contribution in [3.05, 3.63) is 59.0 Å². The van der Waals surface area contributed by atoms with Gasteiger partial charge in [0.15, 0.2) is 10.9 Å². The molecule has 0 atom stereocenters. The number of thioether (sulfide) groups is 2. The first-order valence-corrected chi connectivity index (χ1v) is 12.5. The fraction of sp³-hybridized carbons (Fsp3) is 0.261. The van der Waals surface area contributed by atoms with Crippen LogP contribution in [0.1, 0.15) is 5.56 Å². The minimum Gasteiger partial charge on any atom is -0.484 e. The summed E-state index contributed by atoms with van der Waals surface area (Å²) in [6.45, 7) is 2.32. The summed E-state index contributed by atoms with van der Waals surface area (Å²) >= 11 is 8.37. The highest BCUT2D eigenvalue weighted by Gasteiger charge is 2.33. The molecule has 32 heavy (non-hydrogen) atoms. The maximum Gasteiger partial charge on any atom is 0.270 e. The van der Waals surface area contributed by atoms with Crippen molar-refractivity contribution >= 4 is 63.6 Å². The predicted octanol–water partition coefficient (Wildman–Crippen LogP) is 4.05. The average Bonchev–Trinajstić information content (AvgIpc) is 3.11. The number of morpholine rings is 1. The highest BCUT2D eigenvalue weighted by Crippen LogP contribution is 2.37. The number of nitrogens with zero attached hydrogens (tertiary/aromatic N) is 2. The van der Waals surface area contributed by atoms with Gasteiger partial charge in [-0.1, -0.05) is 42.2 Å². The molecule has 0 radical (unpaired) electrons. The number of carbonyl (C=O) groups excluding carboxylic acids is 2. The van der Waals surface area contributed by atoms with Crippen LogP contribution < -0.4 is 9.64 Å². The molecule has 9 heteroatoms. The van der Waals surface area contributed by atoms with Gasteiger partial charge < -0.3 is 14.4 Å². The molecule has 2 aromatic rings. The summed E-state index contributed by atoms with van der Waals surface area (Å²) in [5.74, 6) is 0.423. The van der Waals surface area contributed by atoms with Crippen LogP contribution in [-0.2, 0) is 14.3 Å². The van der Waals surface area contributed by atoms with Crippen LogP contribution in [0.2, 0.25) is 0 Å². The van der Waals surface area contributed by atoms with Crippen LogP contribution in [0.3, 0.4) is 0 Å². The van der Waals surface area contributed by atoms with Gasteiger partial charge in [0.1, 0.15) is 5.75 Å². The molecule has 2 aliphatic heterocycles. The molecule has 2 saturated heterocycles. The molecule has 0 aromatic heterocycles. The molecular formula is C23H22N2O4S3. The van der Waals surface area contributed by atoms with Gasteiger partial charge in [0.2, 0.25) is 0 Å². The Balaban J connectivity index is 1.40. The maximum absolute atomic E-state index is 13.0. The highest BCUT2D eigenvalue weighted by molar-refractivity contribution is 8.27. The van der Waals surface area contributed by atoms with E-state index >= 15 is 0 Å². The van der Waals surface area contributed by atoms with E-state index in [-0.39, 0.29) is 18.4 Å². The lowest BCUT2D eigenvalue weighted by Crippen LogP contribution is -2.42. The topological polar surface area (TPSA) is 59.1 Å². The second-order valence-corrected chi connectivity index (χ2v) is 9.62. The first-order chi connectivity index (χ1) is 15.5. The maximum atomic E-state index is 13.0. The van der Waals surface area contributed by atoms with E-state index in [0.29, 0.717) is 41.3 Å². The number of carbonyl (C=O) groups is 2. The van der Waals surface area contributed by atoms with Crippen LogP contribution in [0.25, 0.3) is 6.08 Å². The zero-order chi connectivity index (χ0) is 22.5. The zero-order valence-corrected chi connectivity index (χ0v) is 19.9. The summed E-state index contributed by atoms with van der Waals surface area (Å²) in [5.41, 5.74) is 1.63. The third-order valence-electron chi connectivity index (χ3n) is 5.01. The van der Waals surface area contributed by atoms with E-state index in [4.69, 9.17) is 21.7 Å². The Bertz CT molecular complexity index is 1050. The van der Waals surface area contributed by atoms with Gasteiger partial charge in [-0.05, 0) is 48.2 Å². The minimum absolute atomic E-state index is 0.00683. The van der Waals surface area contributed by atoms with Crippen molar-refractivity contribution in [2.75, 3.05) is 44.1 Å². The molecule has 0 unspecified atom stereocenters. The number of benzene rings is 2. The standard InChI is InChI=1S/C23H22N2O4S3/c1-31-19-4-2-3-17(14-19)25-22(27)20(32-23(25)30)13-16-5-7-18(8-6-16)29-15-21(26)24-9-11-28-12-10-24/h2-8,13-14H,9-12,15H2,1H3/b20-13+. The van der Waals surface area contributed by atoms with Crippen LogP contribution in [0.15, 0.2) is 58.3 Å². The first-order valence-electron chi connectivity index (χ1n) is 10.1. The SMILES string of the molecule is CSc1cccc(N2C(=O)/C(=C\c3ccc(OCC(=O)N4CCOCC4)cc3)SC2=S)c1. The van der Waals surface area contributed by atoms with Crippen molar-refractivity contribution in [1.29, 1.82) is 0 Å². The van der Waals surface area contributed by atoms with E-state index in [9.17, 15) is 9.59 Å². The van der Waals surface area contributed by atoms with Gasteiger partial charge in [0, 0.05) is 18.0 Å². The lowest BCUT2D eigenvalue weighted by Gasteiger charge is -2.26. The molecule has 0 aliphatic carbocycles. The largest absolute Gasteiger partial charge is 0.484 e. The number of hydrogen-bond acceptors (Lipinski definition) is 7. The van der Waals surface area contributed by atoms with E-state index in [2.05, 4.69) is 0 Å². The van der Waals surface area contributed by atoms with E-state index in [0.717, 1.165) is 16.1 Å². The van der Waals surface area contributed by atoms with Crippen LogP contribution in [0.4, 0.5) is 5.69 Å². The Morgan fingerprint density at radius 1 is 1.22 bits per heavy atom. The summed E-state index contributed by atoms with van der Waals surface area (Å²) < 4.78 is 11.4. The molecule has 0 spiro atoms. The molecule has 2 aromatic carbocycles. The van der Waals surface area contributed by atoms with Crippen LogP contribution in [0.5, 0.6) is 5.75 Å². The molecular weight excluding hydrogens is 464 g/mol. The van der Waals surface area contributed by atoms with Crippen molar-refractivity contribution in [3.63, 3.8) is 0 Å². The first kappa shape index (κ1) is 22.8. The highest BCUT2D eigenvalue weighted by atomic mass is 32.2. The molecule has 4 rings (SSSR count). The fourth-order valence-electron chi connectivity index (χ4n) is 3.30. The molecule has 6 nitrogen and oxygen atoms in total. The number of hydrogen-bond donors (Lipinski definition) is 0. The normalized spacial score (nSPS) is 17.8. The van der Waals surface area contributed by atoms with Gasteiger partial charge in [-0.2, -0.15) is 0 Å². The molecule has 2 fully saturated rings. The van der Waals surface area contributed by atoms with E-state index in [1.807, 2.05) is 48.7 Å². The Hall–Kier alpha value is -2.33.